The third kappa shape index (κ3) is 1.76. The second-order valence-corrected chi connectivity index (χ2v) is 3.30. The lowest BCUT2D eigenvalue weighted by atomic mass is 10.2. The number of nitro benzene ring substituents is 1. The Morgan fingerprint density at radius 1 is 1.50 bits per heavy atom. The first kappa shape index (κ1) is 8.80. The molecular formula is C9H10N2O3. The van der Waals surface area contributed by atoms with Crippen LogP contribution in [0.3, 0.4) is 0 Å². The van der Waals surface area contributed by atoms with Crippen molar-refractivity contribution in [1.29, 1.82) is 0 Å². The molecule has 0 bridgehead atoms. The molecule has 0 atom stereocenters. The van der Waals surface area contributed by atoms with E-state index in [1.807, 2.05) is 0 Å². The van der Waals surface area contributed by atoms with Crippen LogP contribution < -0.4 is 10.5 Å². The van der Waals surface area contributed by atoms with Crippen LogP contribution in [0.1, 0.15) is 12.8 Å². The van der Waals surface area contributed by atoms with Gasteiger partial charge in [0.2, 0.25) is 0 Å². The number of anilines is 1. The van der Waals surface area contributed by atoms with E-state index in [0.717, 1.165) is 12.8 Å². The van der Waals surface area contributed by atoms with E-state index in [-0.39, 0.29) is 11.8 Å². The zero-order chi connectivity index (χ0) is 10.1. The Balaban J connectivity index is 2.26. The predicted molar refractivity (Wildman–Crippen MR) is 51.2 cm³/mol. The summed E-state index contributed by atoms with van der Waals surface area (Å²) in [7, 11) is 0. The number of hydrogen-bond donors (Lipinski definition) is 1. The van der Waals surface area contributed by atoms with Gasteiger partial charge in [0, 0.05) is 6.07 Å². The highest BCUT2D eigenvalue weighted by Crippen LogP contribution is 2.32. The van der Waals surface area contributed by atoms with Gasteiger partial charge in [0.25, 0.3) is 5.69 Å². The van der Waals surface area contributed by atoms with Gasteiger partial charge in [-0.1, -0.05) is 0 Å². The minimum atomic E-state index is -0.459. The van der Waals surface area contributed by atoms with Gasteiger partial charge in [-0.3, -0.25) is 10.1 Å². The molecule has 1 fully saturated rings. The van der Waals surface area contributed by atoms with Gasteiger partial charge >= 0.3 is 0 Å². The van der Waals surface area contributed by atoms with Crippen molar-refractivity contribution in [2.24, 2.45) is 0 Å². The number of non-ortho nitro benzene ring substituents is 1. The quantitative estimate of drug-likeness (QED) is 0.451. The number of benzene rings is 1. The Morgan fingerprint density at radius 2 is 2.21 bits per heavy atom. The average molecular weight is 194 g/mol. The van der Waals surface area contributed by atoms with E-state index >= 15 is 0 Å². The minimum absolute atomic E-state index is 0.00912. The third-order valence-electron chi connectivity index (χ3n) is 2.03. The maximum atomic E-state index is 10.5. The van der Waals surface area contributed by atoms with Gasteiger partial charge in [0.1, 0.15) is 5.75 Å². The molecular weight excluding hydrogens is 184 g/mol. The molecule has 0 aromatic heterocycles. The first-order valence-electron chi connectivity index (χ1n) is 4.37. The summed E-state index contributed by atoms with van der Waals surface area (Å²) in [5.74, 6) is 0.418. The second-order valence-electron chi connectivity index (χ2n) is 3.30. The molecule has 0 amide bonds. The fraction of sp³-hybridized carbons (Fsp3) is 0.333. The van der Waals surface area contributed by atoms with Crippen LogP contribution in [0.4, 0.5) is 11.4 Å². The van der Waals surface area contributed by atoms with Gasteiger partial charge in [-0.25, -0.2) is 0 Å². The van der Waals surface area contributed by atoms with Crippen LogP contribution in [0.2, 0.25) is 0 Å². The zero-order valence-corrected chi connectivity index (χ0v) is 7.47. The second kappa shape index (κ2) is 3.17. The molecule has 0 aliphatic heterocycles. The highest BCUT2D eigenvalue weighted by atomic mass is 16.6. The molecule has 0 unspecified atom stereocenters. The lowest BCUT2D eigenvalue weighted by Gasteiger charge is -2.06. The number of nitrogen functional groups attached to an aromatic ring is 1. The molecule has 74 valence electrons. The van der Waals surface area contributed by atoms with E-state index in [4.69, 9.17) is 10.5 Å². The van der Waals surface area contributed by atoms with Crippen molar-refractivity contribution in [1.82, 2.24) is 0 Å². The van der Waals surface area contributed by atoms with Gasteiger partial charge in [0.05, 0.1) is 22.8 Å². The Hall–Kier alpha value is -1.78. The summed E-state index contributed by atoms with van der Waals surface area (Å²) in [6.45, 7) is 0. The van der Waals surface area contributed by atoms with Crippen molar-refractivity contribution >= 4 is 11.4 Å². The molecule has 2 rings (SSSR count). The SMILES string of the molecule is Nc1ccc([N+](=O)[O-])cc1OC1CC1. The lowest BCUT2D eigenvalue weighted by molar-refractivity contribution is -0.384. The normalized spacial score (nSPS) is 15.1. The summed E-state index contributed by atoms with van der Waals surface area (Å²) in [6.07, 6.45) is 2.20. The van der Waals surface area contributed by atoms with Crippen LogP contribution in [0.25, 0.3) is 0 Å². The zero-order valence-electron chi connectivity index (χ0n) is 7.47. The molecule has 1 aromatic rings. The topological polar surface area (TPSA) is 78.4 Å². The number of nitrogens with two attached hydrogens (primary N) is 1. The van der Waals surface area contributed by atoms with Gasteiger partial charge < -0.3 is 10.5 Å². The van der Waals surface area contributed by atoms with Gasteiger partial charge in [0.15, 0.2) is 0 Å². The van der Waals surface area contributed by atoms with Crippen molar-refractivity contribution < 1.29 is 9.66 Å². The van der Waals surface area contributed by atoms with Crippen LogP contribution in [0.5, 0.6) is 5.75 Å². The molecule has 0 radical (unpaired) electrons. The summed E-state index contributed by atoms with van der Waals surface area (Å²) in [5.41, 5.74) is 6.07. The molecule has 1 aliphatic carbocycles. The van der Waals surface area contributed by atoms with E-state index < -0.39 is 4.92 Å². The summed E-state index contributed by atoms with van der Waals surface area (Å²) >= 11 is 0. The molecule has 2 N–H and O–H groups in total. The van der Waals surface area contributed by atoms with Crippen LogP contribution in [-0.2, 0) is 0 Å². The van der Waals surface area contributed by atoms with Crippen molar-refractivity contribution in [2.45, 2.75) is 18.9 Å². The molecule has 0 spiro atoms. The first-order valence-corrected chi connectivity index (χ1v) is 4.37. The molecule has 14 heavy (non-hydrogen) atoms. The number of nitro groups is 1. The number of rotatable bonds is 3. The average Bonchev–Trinajstić information content (AvgIpc) is 2.92. The first-order chi connectivity index (χ1) is 6.66. The summed E-state index contributed by atoms with van der Waals surface area (Å²) in [5, 5.41) is 10.5. The standard InChI is InChI=1S/C9H10N2O3/c10-8-4-1-6(11(12)13)5-9(8)14-7-2-3-7/h1,4-5,7H,2-3,10H2. The lowest BCUT2D eigenvalue weighted by Crippen LogP contribution is -2.00. The Morgan fingerprint density at radius 3 is 2.79 bits per heavy atom. The summed E-state index contributed by atoms with van der Waals surface area (Å²) in [4.78, 5) is 10.0. The Labute approximate surface area is 80.6 Å². The molecule has 1 saturated carbocycles. The summed E-state index contributed by atoms with van der Waals surface area (Å²) < 4.78 is 5.42. The van der Waals surface area contributed by atoms with Gasteiger partial charge in [-0.15, -0.1) is 0 Å². The van der Waals surface area contributed by atoms with Crippen molar-refractivity contribution in [3.05, 3.63) is 28.3 Å². The maximum absolute atomic E-state index is 10.5. The van der Waals surface area contributed by atoms with E-state index in [2.05, 4.69) is 0 Å². The summed E-state index contributed by atoms with van der Waals surface area (Å²) in [6, 6.07) is 4.23. The highest BCUT2D eigenvalue weighted by Gasteiger charge is 2.25. The fourth-order valence-electron chi connectivity index (χ4n) is 1.10. The predicted octanol–water partition coefficient (Wildman–Crippen LogP) is 1.72. The number of ether oxygens (including phenoxy) is 1. The smallest absolute Gasteiger partial charge is 0.273 e. The van der Waals surface area contributed by atoms with Crippen LogP contribution in [0.15, 0.2) is 18.2 Å². The highest BCUT2D eigenvalue weighted by molar-refractivity contribution is 5.57. The maximum Gasteiger partial charge on any atom is 0.273 e. The Bertz CT molecular complexity index is 374. The minimum Gasteiger partial charge on any atom is -0.488 e. The number of hydrogen-bond acceptors (Lipinski definition) is 4. The van der Waals surface area contributed by atoms with E-state index in [1.54, 1.807) is 0 Å². The molecule has 0 heterocycles. The van der Waals surface area contributed by atoms with Crippen LogP contribution in [0, 0.1) is 10.1 Å². The molecule has 5 heteroatoms. The van der Waals surface area contributed by atoms with E-state index in [9.17, 15) is 10.1 Å². The van der Waals surface area contributed by atoms with Gasteiger partial charge in [-0.05, 0) is 18.9 Å². The van der Waals surface area contributed by atoms with Crippen molar-refractivity contribution in [3.63, 3.8) is 0 Å². The Kier molecular flexibility index (Phi) is 1.99. The van der Waals surface area contributed by atoms with E-state index in [1.165, 1.54) is 18.2 Å². The number of nitrogens with zero attached hydrogens (tertiary/aromatic N) is 1. The molecule has 1 aromatic carbocycles. The third-order valence-corrected chi connectivity index (χ3v) is 2.03. The molecule has 5 nitrogen and oxygen atoms in total. The van der Waals surface area contributed by atoms with Gasteiger partial charge in [-0.2, -0.15) is 0 Å². The molecule has 1 aliphatic rings. The fourth-order valence-corrected chi connectivity index (χ4v) is 1.10. The largest absolute Gasteiger partial charge is 0.488 e. The van der Waals surface area contributed by atoms with E-state index in [0.29, 0.717) is 11.4 Å². The van der Waals surface area contributed by atoms with Crippen LogP contribution in [-0.4, -0.2) is 11.0 Å². The van der Waals surface area contributed by atoms with Crippen molar-refractivity contribution in [2.75, 3.05) is 5.73 Å². The molecule has 0 saturated heterocycles. The van der Waals surface area contributed by atoms with Crippen molar-refractivity contribution in [3.8, 4) is 5.75 Å². The monoisotopic (exact) mass is 194 g/mol. The van der Waals surface area contributed by atoms with Crippen LogP contribution >= 0.6 is 0 Å².